The van der Waals surface area contributed by atoms with E-state index in [1.807, 2.05) is 0 Å². The molecular formula is C18H15N5O8S. The monoisotopic (exact) mass is 461 g/mol. The summed E-state index contributed by atoms with van der Waals surface area (Å²) in [5.74, 6) is -0.928. The van der Waals surface area contributed by atoms with E-state index in [-0.39, 0.29) is 29.2 Å². The number of ether oxygens (including phenoxy) is 1. The van der Waals surface area contributed by atoms with Crippen molar-refractivity contribution in [2.45, 2.75) is 13.5 Å². The van der Waals surface area contributed by atoms with Crippen LogP contribution in [0.5, 0.6) is 0 Å². The summed E-state index contributed by atoms with van der Waals surface area (Å²) in [6.07, 6.45) is 0. The Balaban J connectivity index is 2.15. The first-order chi connectivity index (χ1) is 15.2. The van der Waals surface area contributed by atoms with Gasteiger partial charge in [-0.15, -0.1) is 0 Å². The number of carbonyl (C=O) groups is 1. The molecule has 1 heterocycles. The molecule has 0 bridgehead atoms. The van der Waals surface area contributed by atoms with Gasteiger partial charge in [-0.05, 0) is 13.0 Å². The molecule has 1 amide bonds. The maximum absolute atomic E-state index is 12.7. The molecule has 0 fully saturated rings. The molecule has 0 N–H and O–H groups in total. The number of nitrogens with zero attached hydrogens (tertiary/aromatic N) is 5. The van der Waals surface area contributed by atoms with Crippen molar-refractivity contribution >= 4 is 44.5 Å². The van der Waals surface area contributed by atoms with Crippen LogP contribution in [0.25, 0.3) is 10.2 Å². The van der Waals surface area contributed by atoms with Gasteiger partial charge in [-0.25, -0.2) is 0 Å². The summed E-state index contributed by atoms with van der Waals surface area (Å²) >= 11 is 1.08. The fourth-order valence-corrected chi connectivity index (χ4v) is 3.89. The standard InChI is InChI=1S/C18H15N5O8S/c1-2-31-6-5-20-15-10-12(21(25)26)3-4-16(15)32-18(20)19-17(24)11-7-13(22(27)28)9-14(8-11)23(29)30/h3-4,7-10H,2,5-6H2,1H3. The lowest BCUT2D eigenvalue weighted by Crippen LogP contribution is -2.20. The molecule has 0 aliphatic rings. The predicted molar refractivity (Wildman–Crippen MR) is 113 cm³/mol. The van der Waals surface area contributed by atoms with Gasteiger partial charge in [-0.3, -0.25) is 35.1 Å². The van der Waals surface area contributed by atoms with Crippen LogP contribution < -0.4 is 4.80 Å². The number of non-ortho nitro benzene ring substituents is 3. The molecule has 0 atom stereocenters. The Kier molecular flexibility index (Phi) is 6.65. The Bertz CT molecular complexity index is 1280. The lowest BCUT2D eigenvalue weighted by molar-refractivity contribution is -0.394. The summed E-state index contributed by atoms with van der Waals surface area (Å²) in [7, 11) is 0. The SMILES string of the molecule is CCOCCn1c(=NC(=O)c2cc([N+](=O)[O-])cc([N+](=O)[O-])c2)sc2ccc([N+](=O)[O-])cc21. The van der Waals surface area contributed by atoms with Crippen molar-refractivity contribution in [3.63, 3.8) is 0 Å². The molecule has 166 valence electrons. The Morgan fingerprint density at radius 2 is 1.62 bits per heavy atom. The summed E-state index contributed by atoms with van der Waals surface area (Å²) in [5, 5.41) is 33.3. The molecule has 0 unspecified atom stereocenters. The Morgan fingerprint density at radius 1 is 1.00 bits per heavy atom. The summed E-state index contributed by atoms with van der Waals surface area (Å²) in [4.78, 5) is 48.0. The molecule has 32 heavy (non-hydrogen) atoms. The van der Waals surface area contributed by atoms with Crippen molar-refractivity contribution in [2.24, 2.45) is 4.99 Å². The molecule has 3 aromatic rings. The van der Waals surface area contributed by atoms with E-state index in [4.69, 9.17) is 4.74 Å². The number of hydrogen-bond acceptors (Lipinski definition) is 9. The summed E-state index contributed by atoms with van der Waals surface area (Å²) in [6.45, 7) is 2.71. The van der Waals surface area contributed by atoms with Crippen molar-refractivity contribution in [2.75, 3.05) is 13.2 Å². The highest BCUT2D eigenvalue weighted by molar-refractivity contribution is 7.16. The third-order valence-electron chi connectivity index (χ3n) is 4.31. The summed E-state index contributed by atoms with van der Waals surface area (Å²) in [6, 6.07) is 6.75. The van der Waals surface area contributed by atoms with Crippen LogP contribution in [0.2, 0.25) is 0 Å². The molecule has 0 radical (unpaired) electrons. The van der Waals surface area contributed by atoms with Crippen LogP contribution in [0.15, 0.2) is 41.4 Å². The van der Waals surface area contributed by atoms with Gasteiger partial charge in [0.05, 0.1) is 43.2 Å². The van der Waals surface area contributed by atoms with E-state index in [1.165, 1.54) is 18.2 Å². The molecule has 3 rings (SSSR count). The highest BCUT2D eigenvalue weighted by atomic mass is 32.1. The highest BCUT2D eigenvalue weighted by Gasteiger charge is 2.20. The van der Waals surface area contributed by atoms with Gasteiger partial charge in [-0.1, -0.05) is 11.3 Å². The lowest BCUT2D eigenvalue weighted by Gasteiger charge is -2.05. The number of hydrogen-bond donors (Lipinski definition) is 0. The largest absolute Gasteiger partial charge is 0.380 e. The number of nitro benzene ring substituents is 3. The minimum Gasteiger partial charge on any atom is -0.380 e. The second kappa shape index (κ2) is 9.40. The quantitative estimate of drug-likeness (QED) is 0.279. The van der Waals surface area contributed by atoms with Crippen LogP contribution in [0.3, 0.4) is 0 Å². The zero-order valence-electron chi connectivity index (χ0n) is 16.5. The zero-order valence-corrected chi connectivity index (χ0v) is 17.3. The number of aromatic nitrogens is 1. The number of nitro groups is 3. The van der Waals surface area contributed by atoms with Crippen molar-refractivity contribution in [3.8, 4) is 0 Å². The van der Waals surface area contributed by atoms with Gasteiger partial charge in [0, 0.05) is 37.4 Å². The normalized spacial score (nSPS) is 11.6. The van der Waals surface area contributed by atoms with Gasteiger partial charge in [0.2, 0.25) is 0 Å². The van der Waals surface area contributed by atoms with Gasteiger partial charge in [0.15, 0.2) is 4.80 Å². The molecule has 1 aromatic heterocycles. The van der Waals surface area contributed by atoms with Crippen molar-refractivity contribution in [1.82, 2.24) is 4.57 Å². The molecule has 0 saturated heterocycles. The van der Waals surface area contributed by atoms with E-state index >= 15 is 0 Å². The fraction of sp³-hybridized carbons (Fsp3) is 0.222. The second-order valence-corrected chi connectivity index (χ2v) is 7.32. The molecule has 0 aliphatic carbocycles. The van der Waals surface area contributed by atoms with Gasteiger partial charge in [0.1, 0.15) is 0 Å². The molecule has 0 spiro atoms. The highest BCUT2D eigenvalue weighted by Crippen LogP contribution is 2.25. The van der Waals surface area contributed by atoms with Gasteiger partial charge in [0.25, 0.3) is 23.0 Å². The molecule has 13 nitrogen and oxygen atoms in total. The number of carbonyl (C=O) groups excluding carboxylic acids is 1. The minimum absolute atomic E-state index is 0.146. The van der Waals surface area contributed by atoms with Crippen LogP contribution in [0, 0.1) is 30.3 Å². The Hall–Kier alpha value is -4.04. The first kappa shape index (κ1) is 22.6. The van der Waals surface area contributed by atoms with E-state index in [1.54, 1.807) is 11.5 Å². The maximum Gasteiger partial charge on any atom is 0.280 e. The van der Waals surface area contributed by atoms with Crippen LogP contribution in [0.1, 0.15) is 17.3 Å². The van der Waals surface area contributed by atoms with Gasteiger partial charge >= 0.3 is 0 Å². The molecule has 0 aliphatic heterocycles. The number of fused-ring (bicyclic) bond motifs is 1. The summed E-state index contributed by atoms with van der Waals surface area (Å²) in [5.41, 5.74) is -1.25. The number of benzene rings is 2. The average molecular weight is 461 g/mol. The van der Waals surface area contributed by atoms with E-state index < -0.39 is 32.1 Å². The Labute approximate surface area is 182 Å². The Morgan fingerprint density at radius 3 is 2.19 bits per heavy atom. The molecular weight excluding hydrogens is 446 g/mol. The zero-order chi connectivity index (χ0) is 23.4. The van der Waals surface area contributed by atoms with E-state index in [0.717, 1.165) is 29.5 Å². The molecule has 14 heteroatoms. The van der Waals surface area contributed by atoms with Crippen molar-refractivity contribution in [3.05, 3.63) is 77.1 Å². The van der Waals surface area contributed by atoms with E-state index in [0.29, 0.717) is 16.8 Å². The third-order valence-corrected chi connectivity index (χ3v) is 5.37. The van der Waals surface area contributed by atoms with Gasteiger partial charge in [-0.2, -0.15) is 4.99 Å². The predicted octanol–water partition coefficient (Wildman–Crippen LogP) is 3.21. The molecule has 2 aromatic carbocycles. The van der Waals surface area contributed by atoms with Gasteiger partial charge < -0.3 is 9.30 Å². The van der Waals surface area contributed by atoms with E-state index in [9.17, 15) is 35.1 Å². The minimum atomic E-state index is -0.928. The topological polar surface area (TPSA) is 173 Å². The number of amides is 1. The summed E-state index contributed by atoms with van der Waals surface area (Å²) < 4.78 is 7.51. The van der Waals surface area contributed by atoms with Crippen LogP contribution in [-0.4, -0.2) is 38.5 Å². The second-order valence-electron chi connectivity index (χ2n) is 6.31. The number of rotatable bonds is 8. The van der Waals surface area contributed by atoms with E-state index in [2.05, 4.69) is 4.99 Å². The lowest BCUT2D eigenvalue weighted by atomic mass is 10.1. The third kappa shape index (κ3) is 4.81. The van der Waals surface area contributed by atoms with Crippen LogP contribution in [-0.2, 0) is 11.3 Å². The van der Waals surface area contributed by atoms with Crippen LogP contribution in [0.4, 0.5) is 17.1 Å². The van der Waals surface area contributed by atoms with Crippen LogP contribution >= 0.6 is 11.3 Å². The first-order valence-corrected chi connectivity index (χ1v) is 9.91. The number of thiazole rings is 1. The van der Waals surface area contributed by atoms with Crippen molar-refractivity contribution in [1.29, 1.82) is 0 Å². The smallest absolute Gasteiger partial charge is 0.280 e. The van der Waals surface area contributed by atoms with Crippen molar-refractivity contribution < 1.29 is 24.3 Å². The first-order valence-electron chi connectivity index (χ1n) is 9.09. The molecule has 0 saturated carbocycles. The average Bonchev–Trinajstić information content (AvgIpc) is 3.09. The maximum atomic E-state index is 12.7. The fourth-order valence-electron chi connectivity index (χ4n) is 2.85.